The lowest BCUT2D eigenvalue weighted by molar-refractivity contribution is 0.0985. The van der Waals surface area contributed by atoms with Crippen molar-refractivity contribution >= 4 is 46.4 Å². The Balaban J connectivity index is 0.00000408. The number of aromatic nitrogens is 1. The predicted molar refractivity (Wildman–Crippen MR) is 149 cm³/mol. The molecule has 0 saturated carbocycles. The lowest BCUT2D eigenvalue weighted by Crippen LogP contribution is -2.34. The third-order valence-corrected chi connectivity index (χ3v) is 6.97. The average molecular weight is 521 g/mol. The maximum Gasteiger partial charge on any atom is 0.260 e. The maximum absolute atomic E-state index is 13.6. The van der Waals surface area contributed by atoms with E-state index in [2.05, 4.69) is 51.7 Å². The molecule has 1 heterocycles. The molecule has 7 heteroatoms. The van der Waals surface area contributed by atoms with Gasteiger partial charge in [0, 0.05) is 28.1 Å². The summed E-state index contributed by atoms with van der Waals surface area (Å²) in [6, 6.07) is 15.6. The molecular weight excluding hydrogens is 485 g/mol. The molecule has 4 nitrogen and oxygen atoms in total. The fourth-order valence-electron chi connectivity index (χ4n) is 3.69. The lowest BCUT2D eigenvalue weighted by atomic mass is 9.86. The largest absolute Gasteiger partial charge is 0.304 e. The van der Waals surface area contributed by atoms with Gasteiger partial charge in [-0.3, -0.25) is 9.69 Å². The zero-order valence-electron chi connectivity index (χ0n) is 20.7. The molecule has 0 unspecified atom stereocenters. The highest BCUT2D eigenvalue weighted by molar-refractivity contribution is 7.14. The lowest BCUT2D eigenvalue weighted by Gasteiger charge is -2.24. The summed E-state index contributed by atoms with van der Waals surface area (Å²) in [5.74, 6) is -0.00740. The number of hydrogen-bond acceptors (Lipinski definition) is 4. The van der Waals surface area contributed by atoms with Crippen molar-refractivity contribution in [2.45, 2.75) is 46.5 Å². The van der Waals surface area contributed by atoms with Crippen LogP contribution in [0.2, 0.25) is 5.02 Å². The Hall–Kier alpha value is -1.92. The van der Waals surface area contributed by atoms with Gasteiger partial charge in [-0.2, -0.15) is 0 Å². The van der Waals surface area contributed by atoms with Gasteiger partial charge in [0.15, 0.2) is 5.13 Å². The molecule has 3 aromatic rings. The SMILES string of the molecule is CCN(CC)CCCN(C(=O)c1ccc(C(C)(C)C)cc1)c1nc(-c2ccc(Cl)cc2)cs1.Cl. The summed E-state index contributed by atoms with van der Waals surface area (Å²) < 4.78 is 0. The molecule has 0 N–H and O–H groups in total. The standard InChI is InChI=1S/C27H34ClN3OS.ClH/c1-6-30(7-2)17-8-18-31(25(32)21-9-13-22(14-10-21)27(3,4)5)26-29-24(19-33-26)20-11-15-23(28)16-12-20;/h9-16,19H,6-8,17-18H2,1-5H3;1H. The molecule has 1 aromatic heterocycles. The van der Waals surface area contributed by atoms with Gasteiger partial charge in [-0.1, -0.05) is 70.5 Å². The number of benzene rings is 2. The van der Waals surface area contributed by atoms with Crippen LogP contribution < -0.4 is 4.90 Å². The third kappa shape index (κ3) is 7.29. The van der Waals surface area contributed by atoms with Crippen LogP contribution in [0.5, 0.6) is 0 Å². The Morgan fingerprint density at radius 1 is 0.971 bits per heavy atom. The molecule has 0 bridgehead atoms. The van der Waals surface area contributed by atoms with Crippen LogP contribution in [0.4, 0.5) is 5.13 Å². The second-order valence-corrected chi connectivity index (χ2v) is 10.5. The number of anilines is 1. The first kappa shape index (κ1) is 28.3. The summed E-state index contributed by atoms with van der Waals surface area (Å²) in [5, 5.41) is 3.43. The number of nitrogens with zero attached hydrogens (tertiary/aromatic N) is 3. The van der Waals surface area contributed by atoms with Crippen molar-refractivity contribution in [3.05, 3.63) is 70.1 Å². The van der Waals surface area contributed by atoms with Gasteiger partial charge in [0.25, 0.3) is 5.91 Å². The first-order chi connectivity index (χ1) is 15.7. The van der Waals surface area contributed by atoms with E-state index >= 15 is 0 Å². The number of thiazole rings is 1. The Bertz CT molecular complexity index is 1040. The van der Waals surface area contributed by atoms with Crippen molar-refractivity contribution in [3.63, 3.8) is 0 Å². The van der Waals surface area contributed by atoms with Gasteiger partial charge in [0.05, 0.1) is 5.69 Å². The van der Waals surface area contributed by atoms with E-state index in [-0.39, 0.29) is 23.7 Å². The van der Waals surface area contributed by atoms with Gasteiger partial charge < -0.3 is 4.90 Å². The van der Waals surface area contributed by atoms with E-state index in [1.54, 1.807) is 0 Å². The summed E-state index contributed by atoms with van der Waals surface area (Å²) in [5.41, 5.74) is 3.80. The molecule has 2 aromatic carbocycles. The quantitative estimate of drug-likeness (QED) is 0.292. The van der Waals surface area contributed by atoms with Crippen molar-refractivity contribution in [2.75, 3.05) is 31.1 Å². The first-order valence-corrected chi connectivity index (χ1v) is 12.8. The molecular formula is C27H35Cl2N3OS. The second kappa shape index (κ2) is 12.7. The molecule has 0 aliphatic rings. The number of rotatable bonds is 9. The highest BCUT2D eigenvalue weighted by atomic mass is 35.5. The Morgan fingerprint density at radius 3 is 2.15 bits per heavy atom. The molecule has 0 spiro atoms. The maximum atomic E-state index is 13.6. The van der Waals surface area contributed by atoms with Crippen LogP contribution in [-0.2, 0) is 5.41 Å². The monoisotopic (exact) mass is 519 g/mol. The van der Waals surface area contributed by atoms with Crippen molar-refractivity contribution in [3.8, 4) is 11.3 Å². The van der Waals surface area contributed by atoms with E-state index in [0.717, 1.165) is 42.4 Å². The van der Waals surface area contributed by atoms with Crippen molar-refractivity contribution < 1.29 is 4.79 Å². The molecule has 0 fully saturated rings. The van der Waals surface area contributed by atoms with Crippen LogP contribution in [-0.4, -0.2) is 42.0 Å². The van der Waals surface area contributed by atoms with Crippen LogP contribution >= 0.6 is 35.3 Å². The van der Waals surface area contributed by atoms with Gasteiger partial charge >= 0.3 is 0 Å². The van der Waals surface area contributed by atoms with Gasteiger partial charge in [0.1, 0.15) is 0 Å². The molecule has 0 radical (unpaired) electrons. The van der Waals surface area contributed by atoms with Crippen molar-refractivity contribution in [2.24, 2.45) is 0 Å². The fraction of sp³-hybridized carbons (Fsp3) is 0.407. The molecule has 0 atom stereocenters. The van der Waals surface area contributed by atoms with E-state index in [9.17, 15) is 4.79 Å². The third-order valence-electron chi connectivity index (χ3n) is 5.86. The van der Waals surface area contributed by atoms with Crippen LogP contribution in [0.15, 0.2) is 53.9 Å². The first-order valence-electron chi connectivity index (χ1n) is 11.6. The van der Waals surface area contributed by atoms with E-state index in [1.807, 2.05) is 46.7 Å². The van der Waals surface area contributed by atoms with Gasteiger partial charge in [-0.15, -0.1) is 23.7 Å². The molecule has 0 saturated heterocycles. The predicted octanol–water partition coefficient (Wildman–Crippen LogP) is 7.56. The van der Waals surface area contributed by atoms with E-state index in [1.165, 1.54) is 16.9 Å². The Kier molecular flexibility index (Phi) is 10.6. The Morgan fingerprint density at radius 2 is 1.59 bits per heavy atom. The number of amides is 1. The highest BCUT2D eigenvalue weighted by Gasteiger charge is 2.22. The highest BCUT2D eigenvalue weighted by Crippen LogP contribution is 2.30. The fourth-order valence-corrected chi connectivity index (χ4v) is 4.67. The molecule has 0 aliphatic carbocycles. The zero-order valence-corrected chi connectivity index (χ0v) is 23.1. The zero-order chi connectivity index (χ0) is 24.0. The summed E-state index contributed by atoms with van der Waals surface area (Å²) in [4.78, 5) is 22.6. The van der Waals surface area contributed by atoms with Crippen LogP contribution in [0.3, 0.4) is 0 Å². The van der Waals surface area contributed by atoms with E-state index in [0.29, 0.717) is 17.1 Å². The van der Waals surface area contributed by atoms with E-state index < -0.39 is 0 Å². The number of carbonyl (C=O) groups excluding carboxylic acids is 1. The summed E-state index contributed by atoms with van der Waals surface area (Å²) in [6.45, 7) is 14.5. The smallest absolute Gasteiger partial charge is 0.260 e. The minimum absolute atomic E-state index is 0. The van der Waals surface area contributed by atoms with Crippen LogP contribution in [0, 0.1) is 0 Å². The number of hydrogen-bond donors (Lipinski definition) is 0. The molecule has 0 aliphatic heterocycles. The minimum Gasteiger partial charge on any atom is -0.304 e. The van der Waals surface area contributed by atoms with Crippen LogP contribution in [0.25, 0.3) is 11.3 Å². The van der Waals surface area contributed by atoms with Crippen molar-refractivity contribution in [1.82, 2.24) is 9.88 Å². The van der Waals surface area contributed by atoms with Gasteiger partial charge in [-0.05, 0) is 61.3 Å². The summed E-state index contributed by atoms with van der Waals surface area (Å²) in [7, 11) is 0. The normalized spacial score (nSPS) is 11.4. The van der Waals surface area contributed by atoms with E-state index in [4.69, 9.17) is 16.6 Å². The topological polar surface area (TPSA) is 36.4 Å². The average Bonchev–Trinajstić information content (AvgIpc) is 3.29. The minimum atomic E-state index is -0.00740. The number of carbonyl (C=O) groups is 1. The van der Waals surface area contributed by atoms with Crippen LogP contribution in [0.1, 0.15) is 57.0 Å². The molecule has 184 valence electrons. The van der Waals surface area contributed by atoms with Gasteiger partial charge in [-0.25, -0.2) is 4.98 Å². The van der Waals surface area contributed by atoms with Crippen molar-refractivity contribution in [1.29, 1.82) is 0 Å². The second-order valence-electron chi connectivity index (χ2n) is 9.19. The molecule has 1 amide bonds. The molecule has 3 rings (SSSR count). The number of halogens is 2. The molecule has 34 heavy (non-hydrogen) atoms. The Labute approximate surface area is 219 Å². The summed E-state index contributed by atoms with van der Waals surface area (Å²) in [6.07, 6.45) is 0.892. The van der Waals surface area contributed by atoms with Gasteiger partial charge in [0.2, 0.25) is 0 Å². The summed E-state index contributed by atoms with van der Waals surface area (Å²) >= 11 is 7.54.